The van der Waals surface area contributed by atoms with Crippen molar-refractivity contribution in [2.24, 2.45) is 5.10 Å². The van der Waals surface area contributed by atoms with Gasteiger partial charge in [-0.25, -0.2) is 5.43 Å². The molecule has 0 atom stereocenters. The van der Waals surface area contributed by atoms with Crippen LogP contribution in [0.5, 0.6) is 17.2 Å². The van der Waals surface area contributed by atoms with Crippen LogP contribution in [-0.2, 0) is 6.61 Å². The fourth-order valence-electron chi connectivity index (χ4n) is 2.84. The van der Waals surface area contributed by atoms with Gasteiger partial charge in [-0.1, -0.05) is 29.8 Å². The smallest absolute Gasteiger partial charge is 0.275 e. The first-order valence-electron chi connectivity index (χ1n) is 9.53. The van der Waals surface area contributed by atoms with Gasteiger partial charge in [-0.2, -0.15) is 5.10 Å². The zero-order chi connectivity index (χ0) is 22.2. The first-order chi connectivity index (χ1) is 15.0. The molecule has 3 aromatic rings. The minimum absolute atomic E-state index is 0.358. The minimum Gasteiger partial charge on any atom is -0.496 e. The number of methoxy groups -OCH3 is 2. The molecule has 0 heterocycles. The lowest BCUT2D eigenvalue weighted by atomic mass is 10.1. The lowest BCUT2D eigenvalue weighted by Crippen LogP contribution is -2.18. The molecule has 0 fully saturated rings. The molecule has 160 valence electrons. The molecule has 1 amide bonds. The maximum Gasteiger partial charge on any atom is 0.275 e. The average molecular weight is 439 g/mol. The minimum atomic E-state index is -0.358. The molecule has 0 unspecified atom stereocenters. The van der Waals surface area contributed by atoms with E-state index in [0.717, 1.165) is 16.7 Å². The lowest BCUT2D eigenvalue weighted by molar-refractivity contribution is 0.0952. The molecule has 7 heteroatoms. The SMILES string of the molecule is COc1cc(/C=N/NC(=O)c2ccc(C)cc2OC)ccc1OCc1ccc(Cl)cc1. The number of ether oxygens (including phenoxy) is 3. The standard InChI is InChI=1S/C24H23ClN2O4/c1-16-4-10-20(22(12-16)29-2)24(28)27-26-14-18-7-11-21(23(13-18)30-3)31-15-17-5-8-19(25)9-6-17/h4-14H,15H2,1-3H3,(H,27,28)/b26-14+. The maximum atomic E-state index is 12.4. The summed E-state index contributed by atoms with van der Waals surface area (Å²) in [4.78, 5) is 12.4. The molecule has 0 aliphatic heterocycles. The van der Waals surface area contributed by atoms with Gasteiger partial charge in [0.05, 0.1) is 26.0 Å². The van der Waals surface area contributed by atoms with Crippen LogP contribution in [-0.4, -0.2) is 26.3 Å². The second kappa shape index (κ2) is 10.5. The van der Waals surface area contributed by atoms with E-state index >= 15 is 0 Å². The average Bonchev–Trinajstić information content (AvgIpc) is 2.78. The molecular weight excluding hydrogens is 416 g/mol. The molecule has 0 aliphatic rings. The van der Waals surface area contributed by atoms with Crippen molar-refractivity contribution in [3.63, 3.8) is 0 Å². The summed E-state index contributed by atoms with van der Waals surface area (Å²) in [5.41, 5.74) is 5.66. The van der Waals surface area contributed by atoms with Gasteiger partial charge in [0.2, 0.25) is 0 Å². The molecule has 6 nitrogen and oxygen atoms in total. The Kier molecular flexibility index (Phi) is 7.51. The summed E-state index contributed by atoms with van der Waals surface area (Å²) >= 11 is 5.91. The topological polar surface area (TPSA) is 69.2 Å². The van der Waals surface area contributed by atoms with E-state index in [4.69, 9.17) is 25.8 Å². The maximum absolute atomic E-state index is 12.4. The van der Waals surface area contributed by atoms with Crippen LogP contribution in [0, 0.1) is 6.92 Å². The number of hydrogen-bond donors (Lipinski definition) is 1. The van der Waals surface area contributed by atoms with Crippen LogP contribution in [0.4, 0.5) is 0 Å². The van der Waals surface area contributed by atoms with Gasteiger partial charge in [-0.05, 0) is 66.1 Å². The number of benzene rings is 3. The van der Waals surface area contributed by atoms with E-state index in [0.29, 0.717) is 34.4 Å². The van der Waals surface area contributed by atoms with Crippen molar-refractivity contribution in [1.82, 2.24) is 5.43 Å². The normalized spacial score (nSPS) is 10.7. The summed E-state index contributed by atoms with van der Waals surface area (Å²) in [6.45, 7) is 2.31. The van der Waals surface area contributed by atoms with Crippen LogP contribution in [0.2, 0.25) is 5.02 Å². The van der Waals surface area contributed by atoms with Crippen LogP contribution >= 0.6 is 11.6 Å². The summed E-state index contributed by atoms with van der Waals surface area (Å²) < 4.78 is 16.5. The van der Waals surface area contributed by atoms with E-state index < -0.39 is 0 Å². The van der Waals surface area contributed by atoms with E-state index in [1.54, 1.807) is 31.4 Å². The van der Waals surface area contributed by atoms with Gasteiger partial charge in [-0.15, -0.1) is 0 Å². The summed E-state index contributed by atoms with van der Waals surface area (Å²) in [7, 11) is 3.09. The molecule has 0 bridgehead atoms. The van der Waals surface area contributed by atoms with Gasteiger partial charge < -0.3 is 14.2 Å². The highest BCUT2D eigenvalue weighted by molar-refractivity contribution is 6.30. The molecule has 31 heavy (non-hydrogen) atoms. The van der Waals surface area contributed by atoms with Crippen molar-refractivity contribution in [2.75, 3.05) is 14.2 Å². The predicted molar refractivity (Wildman–Crippen MR) is 122 cm³/mol. The van der Waals surface area contributed by atoms with Crippen LogP contribution in [0.15, 0.2) is 65.8 Å². The number of carbonyl (C=O) groups excluding carboxylic acids is 1. The summed E-state index contributed by atoms with van der Waals surface area (Å²) in [5, 5.41) is 4.71. The van der Waals surface area contributed by atoms with Crippen LogP contribution < -0.4 is 19.6 Å². The molecule has 0 radical (unpaired) electrons. The number of hydrazone groups is 1. The number of rotatable bonds is 8. The number of aryl methyl sites for hydroxylation is 1. The van der Waals surface area contributed by atoms with Gasteiger partial charge in [0.15, 0.2) is 11.5 Å². The highest BCUT2D eigenvalue weighted by atomic mass is 35.5. The van der Waals surface area contributed by atoms with Crippen molar-refractivity contribution in [2.45, 2.75) is 13.5 Å². The molecule has 0 aromatic heterocycles. The van der Waals surface area contributed by atoms with Crippen molar-refractivity contribution in [1.29, 1.82) is 0 Å². The summed E-state index contributed by atoms with van der Waals surface area (Å²) in [6, 6.07) is 18.2. The number of nitrogens with zero attached hydrogens (tertiary/aromatic N) is 1. The highest BCUT2D eigenvalue weighted by Gasteiger charge is 2.11. The first kappa shape index (κ1) is 22.2. The Morgan fingerprint density at radius 2 is 1.71 bits per heavy atom. The molecule has 0 saturated heterocycles. The molecule has 0 aliphatic carbocycles. The number of carbonyl (C=O) groups is 1. The number of hydrogen-bond acceptors (Lipinski definition) is 5. The molecule has 3 rings (SSSR count). The van der Waals surface area contributed by atoms with Crippen molar-refractivity contribution in [3.8, 4) is 17.2 Å². The molecule has 1 N–H and O–H groups in total. The van der Waals surface area contributed by atoms with Gasteiger partial charge in [0.25, 0.3) is 5.91 Å². The Morgan fingerprint density at radius 1 is 0.968 bits per heavy atom. The monoisotopic (exact) mass is 438 g/mol. The lowest BCUT2D eigenvalue weighted by Gasteiger charge is -2.11. The fourth-order valence-corrected chi connectivity index (χ4v) is 2.96. The van der Waals surface area contributed by atoms with Crippen molar-refractivity contribution in [3.05, 3.63) is 87.9 Å². The Hall–Kier alpha value is -3.51. The fraction of sp³-hybridized carbons (Fsp3) is 0.167. The predicted octanol–water partition coefficient (Wildman–Crippen LogP) is 5.01. The molecular formula is C24H23ClN2O4. The van der Waals surface area contributed by atoms with Crippen molar-refractivity contribution >= 4 is 23.7 Å². The molecule has 3 aromatic carbocycles. The van der Waals surface area contributed by atoms with E-state index in [2.05, 4.69) is 10.5 Å². The van der Waals surface area contributed by atoms with E-state index in [1.807, 2.05) is 43.3 Å². The Bertz CT molecular complexity index is 1080. The number of nitrogens with one attached hydrogen (secondary N) is 1. The van der Waals surface area contributed by atoms with Crippen LogP contribution in [0.25, 0.3) is 0 Å². The van der Waals surface area contributed by atoms with Gasteiger partial charge >= 0.3 is 0 Å². The third-order valence-electron chi connectivity index (χ3n) is 4.48. The van der Waals surface area contributed by atoms with Gasteiger partial charge in [0, 0.05) is 5.02 Å². The number of amides is 1. The van der Waals surface area contributed by atoms with Crippen LogP contribution in [0.3, 0.4) is 0 Å². The summed E-state index contributed by atoms with van der Waals surface area (Å²) in [5.74, 6) is 1.30. The Morgan fingerprint density at radius 3 is 2.42 bits per heavy atom. The zero-order valence-electron chi connectivity index (χ0n) is 17.5. The third kappa shape index (κ3) is 5.99. The Labute approximate surface area is 186 Å². The number of halogens is 1. The second-order valence-corrected chi connectivity index (χ2v) is 7.16. The van der Waals surface area contributed by atoms with Crippen molar-refractivity contribution < 1.29 is 19.0 Å². The molecule has 0 spiro atoms. The quantitative estimate of drug-likeness (QED) is 0.396. The zero-order valence-corrected chi connectivity index (χ0v) is 18.3. The van der Waals surface area contributed by atoms with Crippen LogP contribution in [0.1, 0.15) is 27.0 Å². The third-order valence-corrected chi connectivity index (χ3v) is 4.73. The van der Waals surface area contributed by atoms with Gasteiger partial charge in [-0.3, -0.25) is 4.79 Å². The second-order valence-electron chi connectivity index (χ2n) is 6.73. The first-order valence-corrected chi connectivity index (χ1v) is 9.91. The largest absolute Gasteiger partial charge is 0.496 e. The molecule has 0 saturated carbocycles. The summed E-state index contributed by atoms with van der Waals surface area (Å²) in [6.07, 6.45) is 1.53. The van der Waals surface area contributed by atoms with E-state index in [9.17, 15) is 4.79 Å². The highest BCUT2D eigenvalue weighted by Crippen LogP contribution is 2.28. The van der Waals surface area contributed by atoms with E-state index in [1.165, 1.54) is 13.3 Å². The van der Waals surface area contributed by atoms with E-state index in [-0.39, 0.29) is 5.91 Å². The van der Waals surface area contributed by atoms with Gasteiger partial charge in [0.1, 0.15) is 12.4 Å². The Balaban J connectivity index is 1.64.